The second-order valence-corrected chi connectivity index (χ2v) is 4.09. The number of nitriles is 1. The average molecular weight is 247 g/mol. The first kappa shape index (κ1) is 11.5. The Bertz CT molecular complexity index is 568. The number of nitrogens with one attached hydrogen (secondary N) is 1. The van der Waals surface area contributed by atoms with Gasteiger partial charge in [-0.2, -0.15) is 5.26 Å². The Hall–Kier alpha value is -1.99. The van der Waals surface area contributed by atoms with E-state index in [2.05, 4.69) is 16.4 Å². The van der Waals surface area contributed by atoms with Crippen molar-refractivity contribution in [2.75, 3.05) is 5.32 Å². The molecule has 5 heteroatoms. The first-order chi connectivity index (χ1) is 8.20. The molecule has 0 aliphatic carbocycles. The molecule has 0 aliphatic rings. The fourth-order valence-corrected chi connectivity index (χ4v) is 1.67. The van der Waals surface area contributed by atoms with Gasteiger partial charge in [0.05, 0.1) is 29.8 Å². The van der Waals surface area contributed by atoms with Crippen molar-refractivity contribution in [3.8, 4) is 6.07 Å². The van der Waals surface area contributed by atoms with E-state index >= 15 is 0 Å². The molecule has 86 valence electrons. The molecule has 0 saturated heterocycles. The van der Waals surface area contributed by atoms with Gasteiger partial charge in [0.1, 0.15) is 6.07 Å². The molecule has 0 saturated carbocycles. The summed E-state index contributed by atoms with van der Waals surface area (Å²) in [5, 5.41) is 12.8. The van der Waals surface area contributed by atoms with Crippen molar-refractivity contribution in [2.45, 2.75) is 6.54 Å². The maximum absolute atomic E-state index is 8.97. The highest BCUT2D eigenvalue weighted by Gasteiger charge is 2.04. The van der Waals surface area contributed by atoms with Gasteiger partial charge in [-0.3, -0.25) is 0 Å². The van der Waals surface area contributed by atoms with Gasteiger partial charge in [0, 0.05) is 18.3 Å². The molecule has 0 spiro atoms. The van der Waals surface area contributed by atoms with Gasteiger partial charge >= 0.3 is 0 Å². The van der Waals surface area contributed by atoms with Crippen LogP contribution in [0.25, 0.3) is 0 Å². The zero-order chi connectivity index (χ0) is 12.3. The lowest BCUT2D eigenvalue weighted by atomic mass is 10.2. The van der Waals surface area contributed by atoms with Crippen molar-refractivity contribution in [2.24, 2.45) is 7.05 Å². The standard InChI is InChI=1S/C12H11ClN4/c1-17-8-15-6-11(17)7-16-12-4-10(13)3-2-9(12)5-14/h2-4,6,8,16H,7H2,1H3. The number of nitrogens with zero attached hydrogens (tertiary/aromatic N) is 3. The number of anilines is 1. The van der Waals surface area contributed by atoms with Crippen LogP contribution in [0.4, 0.5) is 5.69 Å². The second-order valence-electron chi connectivity index (χ2n) is 3.65. The van der Waals surface area contributed by atoms with E-state index in [4.69, 9.17) is 16.9 Å². The Balaban J connectivity index is 2.17. The Morgan fingerprint density at radius 1 is 1.53 bits per heavy atom. The summed E-state index contributed by atoms with van der Waals surface area (Å²) in [5.74, 6) is 0. The quantitative estimate of drug-likeness (QED) is 0.906. The van der Waals surface area contributed by atoms with Crippen LogP contribution >= 0.6 is 11.6 Å². The zero-order valence-corrected chi connectivity index (χ0v) is 10.1. The minimum Gasteiger partial charge on any atom is -0.378 e. The predicted molar refractivity (Wildman–Crippen MR) is 66.7 cm³/mol. The zero-order valence-electron chi connectivity index (χ0n) is 9.31. The third kappa shape index (κ3) is 2.58. The Labute approximate surface area is 104 Å². The van der Waals surface area contributed by atoms with Crippen LogP contribution < -0.4 is 5.32 Å². The van der Waals surface area contributed by atoms with Crippen LogP contribution in [0.2, 0.25) is 5.02 Å². The monoisotopic (exact) mass is 246 g/mol. The largest absolute Gasteiger partial charge is 0.378 e. The molecular formula is C12H11ClN4. The first-order valence-electron chi connectivity index (χ1n) is 5.09. The number of aryl methyl sites for hydroxylation is 1. The lowest BCUT2D eigenvalue weighted by Crippen LogP contribution is -2.05. The summed E-state index contributed by atoms with van der Waals surface area (Å²) in [5.41, 5.74) is 2.35. The molecule has 1 N–H and O–H groups in total. The molecule has 0 radical (unpaired) electrons. The molecular weight excluding hydrogens is 236 g/mol. The Morgan fingerprint density at radius 3 is 3.00 bits per heavy atom. The summed E-state index contributed by atoms with van der Waals surface area (Å²) < 4.78 is 1.92. The van der Waals surface area contributed by atoms with Crippen LogP contribution in [0.15, 0.2) is 30.7 Å². The minimum atomic E-state index is 0.580. The fraction of sp³-hybridized carbons (Fsp3) is 0.167. The maximum Gasteiger partial charge on any atom is 0.101 e. The SMILES string of the molecule is Cn1cncc1CNc1cc(Cl)ccc1C#N. The molecule has 1 heterocycles. The number of rotatable bonds is 3. The molecule has 0 atom stereocenters. The van der Waals surface area contributed by atoms with Crippen molar-refractivity contribution in [3.05, 3.63) is 47.0 Å². The molecule has 4 nitrogen and oxygen atoms in total. The van der Waals surface area contributed by atoms with Crippen molar-refractivity contribution < 1.29 is 0 Å². The van der Waals surface area contributed by atoms with Crippen molar-refractivity contribution in [1.82, 2.24) is 9.55 Å². The maximum atomic E-state index is 8.97. The third-order valence-corrected chi connectivity index (χ3v) is 2.71. The van der Waals surface area contributed by atoms with E-state index in [0.717, 1.165) is 11.4 Å². The summed E-state index contributed by atoms with van der Waals surface area (Å²) >= 11 is 5.90. The summed E-state index contributed by atoms with van der Waals surface area (Å²) in [6.45, 7) is 0.603. The topological polar surface area (TPSA) is 53.6 Å². The summed E-state index contributed by atoms with van der Waals surface area (Å²) in [4.78, 5) is 4.03. The van der Waals surface area contributed by atoms with Crippen molar-refractivity contribution >= 4 is 17.3 Å². The van der Waals surface area contributed by atoms with Gasteiger partial charge in [0.25, 0.3) is 0 Å². The second kappa shape index (κ2) is 4.89. The highest BCUT2D eigenvalue weighted by Crippen LogP contribution is 2.20. The number of benzene rings is 1. The van der Waals surface area contributed by atoms with Crippen LogP contribution in [0.1, 0.15) is 11.3 Å². The fourth-order valence-electron chi connectivity index (χ4n) is 1.50. The lowest BCUT2D eigenvalue weighted by Gasteiger charge is -2.08. The van der Waals surface area contributed by atoms with Crippen molar-refractivity contribution in [1.29, 1.82) is 5.26 Å². The van der Waals surface area contributed by atoms with Gasteiger partial charge in [-0.05, 0) is 18.2 Å². The molecule has 0 amide bonds. The molecule has 2 rings (SSSR count). The van der Waals surface area contributed by atoms with Crippen LogP contribution in [-0.4, -0.2) is 9.55 Å². The van der Waals surface area contributed by atoms with E-state index in [1.54, 1.807) is 30.7 Å². The molecule has 2 aromatic rings. The Morgan fingerprint density at radius 2 is 2.35 bits per heavy atom. The van der Waals surface area contributed by atoms with Gasteiger partial charge in [-0.25, -0.2) is 4.98 Å². The number of imidazole rings is 1. The number of halogens is 1. The van der Waals surface area contributed by atoms with Crippen LogP contribution in [0.5, 0.6) is 0 Å². The van der Waals surface area contributed by atoms with E-state index in [1.165, 1.54) is 0 Å². The smallest absolute Gasteiger partial charge is 0.101 e. The van der Waals surface area contributed by atoms with Gasteiger partial charge in [0.15, 0.2) is 0 Å². The number of aromatic nitrogens is 2. The van der Waals surface area contributed by atoms with E-state index in [0.29, 0.717) is 17.1 Å². The molecule has 17 heavy (non-hydrogen) atoms. The Kier molecular flexibility index (Phi) is 3.31. The van der Waals surface area contributed by atoms with Gasteiger partial charge in [-0.1, -0.05) is 11.6 Å². The molecule has 0 fully saturated rings. The molecule has 1 aromatic heterocycles. The summed E-state index contributed by atoms with van der Waals surface area (Å²) in [7, 11) is 1.92. The third-order valence-electron chi connectivity index (χ3n) is 2.48. The van der Waals surface area contributed by atoms with Crippen molar-refractivity contribution in [3.63, 3.8) is 0 Å². The van der Waals surface area contributed by atoms with E-state index in [-0.39, 0.29) is 0 Å². The van der Waals surface area contributed by atoms with Gasteiger partial charge < -0.3 is 9.88 Å². The molecule has 0 unspecified atom stereocenters. The highest BCUT2D eigenvalue weighted by molar-refractivity contribution is 6.30. The van der Waals surface area contributed by atoms with E-state index < -0.39 is 0 Å². The molecule has 0 aliphatic heterocycles. The normalized spacial score (nSPS) is 9.94. The van der Waals surface area contributed by atoms with Crippen LogP contribution in [-0.2, 0) is 13.6 Å². The van der Waals surface area contributed by atoms with Crippen LogP contribution in [0, 0.1) is 11.3 Å². The highest BCUT2D eigenvalue weighted by atomic mass is 35.5. The van der Waals surface area contributed by atoms with Gasteiger partial charge in [0.2, 0.25) is 0 Å². The van der Waals surface area contributed by atoms with Gasteiger partial charge in [-0.15, -0.1) is 0 Å². The first-order valence-corrected chi connectivity index (χ1v) is 5.47. The molecule has 0 bridgehead atoms. The lowest BCUT2D eigenvalue weighted by molar-refractivity contribution is 0.837. The molecule has 1 aromatic carbocycles. The number of hydrogen-bond acceptors (Lipinski definition) is 3. The van der Waals surface area contributed by atoms with Crippen LogP contribution in [0.3, 0.4) is 0 Å². The predicted octanol–water partition coefficient (Wildman–Crippen LogP) is 2.56. The van der Waals surface area contributed by atoms with E-state index in [1.807, 2.05) is 11.6 Å². The van der Waals surface area contributed by atoms with E-state index in [9.17, 15) is 0 Å². The summed E-state index contributed by atoms with van der Waals surface area (Å²) in [6.07, 6.45) is 3.52. The minimum absolute atomic E-state index is 0.580. The number of hydrogen-bond donors (Lipinski definition) is 1. The average Bonchev–Trinajstić information content (AvgIpc) is 2.72. The summed E-state index contributed by atoms with van der Waals surface area (Å²) in [6, 6.07) is 7.28.